The highest BCUT2D eigenvalue weighted by Crippen LogP contribution is 2.31. The molecule has 0 amide bonds. The third-order valence-electron chi connectivity index (χ3n) is 5.42. The van der Waals surface area contributed by atoms with Gasteiger partial charge in [0.15, 0.2) is 5.69 Å². The van der Waals surface area contributed by atoms with Crippen molar-refractivity contribution >= 4 is 0 Å². The van der Waals surface area contributed by atoms with E-state index in [1.807, 2.05) is 69.3 Å². The quantitative estimate of drug-likeness (QED) is 0.375. The van der Waals surface area contributed by atoms with Crippen molar-refractivity contribution in [3.8, 4) is 40.2 Å². The van der Waals surface area contributed by atoms with Crippen LogP contribution in [-0.2, 0) is 6.54 Å². The topological polar surface area (TPSA) is 105 Å². The fourth-order valence-corrected chi connectivity index (χ4v) is 3.58. The van der Waals surface area contributed by atoms with Crippen LogP contribution in [0.2, 0.25) is 0 Å². The zero-order chi connectivity index (χ0) is 22.9. The second-order valence-corrected chi connectivity index (χ2v) is 7.70. The van der Waals surface area contributed by atoms with Gasteiger partial charge in [-0.05, 0) is 39.0 Å². The van der Waals surface area contributed by atoms with Crippen molar-refractivity contribution in [2.75, 3.05) is 7.11 Å². The van der Waals surface area contributed by atoms with Gasteiger partial charge in [0.05, 0.1) is 24.9 Å². The number of aromatic nitrogens is 6. The van der Waals surface area contributed by atoms with E-state index in [0.717, 1.165) is 28.1 Å². The van der Waals surface area contributed by atoms with Gasteiger partial charge in [0.1, 0.15) is 17.2 Å². The second kappa shape index (κ2) is 8.34. The number of aryl methyl sites for hydroxylation is 2. The maximum atomic E-state index is 5.92. The molecule has 3 heterocycles. The summed E-state index contributed by atoms with van der Waals surface area (Å²) < 4.78 is 18.6. The Kier molecular flexibility index (Phi) is 5.21. The minimum Gasteiger partial charge on any atom is -0.496 e. The number of benzene rings is 2. The van der Waals surface area contributed by atoms with Gasteiger partial charge in [-0.1, -0.05) is 46.3 Å². The molecule has 0 spiro atoms. The van der Waals surface area contributed by atoms with Gasteiger partial charge >= 0.3 is 0 Å². The second-order valence-electron chi connectivity index (χ2n) is 7.70. The Morgan fingerprint density at radius 2 is 1.82 bits per heavy atom. The lowest BCUT2D eigenvalue weighted by Crippen LogP contribution is -2.05. The van der Waals surface area contributed by atoms with Crippen molar-refractivity contribution in [2.45, 2.75) is 27.3 Å². The van der Waals surface area contributed by atoms with Crippen LogP contribution in [-0.4, -0.2) is 37.2 Å². The van der Waals surface area contributed by atoms with Crippen LogP contribution in [0, 0.1) is 20.8 Å². The first-order valence-electron chi connectivity index (χ1n) is 10.4. The summed E-state index contributed by atoms with van der Waals surface area (Å²) in [6.07, 6.45) is 0. The first kappa shape index (κ1) is 20.6. The average Bonchev–Trinajstić information content (AvgIpc) is 3.54. The predicted octanol–water partition coefficient (Wildman–Crippen LogP) is 4.63. The van der Waals surface area contributed by atoms with Crippen molar-refractivity contribution in [1.29, 1.82) is 0 Å². The van der Waals surface area contributed by atoms with Crippen molar-refractivity contribution in [3.05, 3.63) is 71.2 Å². The van der Waals surface area contributed by atoms with Gasteiger partial charge in [-0.15, -0.1) is 5.10 Å². The Labute approximate surface area is 190 Å². The Balaban J connectivity index is 1.41. The highest BCUT2D eigenvalue weighted by atomic mass is 16.5. The Hall–Kier alpha value is -4.27. The summed E-state index contributed by atoms with van der Waals surface area (Å²) in [6.45, 7) is 6.19. The monoisotopic (exact) mass is 442 g/mol. The number of rotatable bonds is 6. The minimum absolute atomic E-state index is 0.321. The van der Waals surface area contributed by atoms with Crippen LogP contribution in [0.25, 0.3) is 34.4 Å². The lowest BCUT2D eigenvalue weighted by Gasteiger charge is -2.03. The molecule has 0 N–H and O–H groups in total. The highest BCUT2D eigenvalue weighted by Gasteiger charge is 2.21. The molecule has 0 bridgehead atoms. The summed E-state index contributed by atoms with van der Waals surface area (Å²) in [5.74, 6) is 2.73. The maximum Gasteiger partial charge on any atom is 0.280 e. The summed E-state index contributed by atoms with van der Waals surface area (Å²) in [6, 6.07) is 15.5. The molecule has 0 aliphatic heterocycles. The van der Waals surface area contributed by atoms with Gasteiger partial charge in [-0.2, -0.15) is 4.98 Å². The summed E-state index contributed by atoms with van der Waals surface area (Å²) in [7, 11) is 1.62. The molecule has 0 unspecified atom stereocenters. The zero-order valence-corrected chi connectivity index (χ0v) is 18.7. The van der Waals surface area contributed by atoms with E-state index in [1.54, 1.807) is 11.8 Å². The molecule has 33 heavy (non-hydrogen) atoms. The smallest absolute Gasteiger partial charge is 0.280 e. The van der Waals surface area contributed by atoms with Gasteiger partial charge in [0.2, 0.25) is 11.7 Å². The number of para-hydroxylation sites is 1. The number of nitrogens with zero attached hydrogens (tertiary/aromatic N) is 6. The molecule has 9 nitrogen and oxygen atoms in total. The number of hydrogen-bond donors (Lipinski definition) is 0. The molecule has 0 aliphatic carbocycles. The Morgan fingerprint density at radius 3 is 2.64 bits per heavy atom. The molecule has 3 aromatic heterocycles. The zero-order valence-electron chi connectivity index (χ0n) is 18.7. The van der Waals surface area contributed by atoms with Crippen molar-refractivity contribution < 1.29 is 13.7 Å². The normalized spacial score (nSPS) is 11.2. The molecule has 5 rings (SSSR count). The van der Waals surface area contributed by atoms with Crippen LogP contribution in [0.3, 0.4) is 0 Å². The van der Waals surface area contributed by atoms with Crippen LogP contribution < -0.4 is 4.74 Å². The van der Waals surface area contributed by atoms with Crippen LogP contribution in [0.15, 0.2) is 57.5 Å². The highest BCUT2D eigenvalue weighted by molar-refractivity contribution is 5.63. The first-order chi connectivity index (χ1) is 16.0. The van der Waals surface area contributed by atoms with Crippen LogP contribution in [0.5, 0.6) is 5.75 Å². The first-order valence-corrected chi connectivity index (χ1v) is 10.4. The van der Waals surface area contributed by atoms with Crippen LogP contribution in [0.1, 0.15) is 22.7 Å². The van der Waals surface area contributed by atoms with Gasteiger partial charge in [-0.3, -0.25) is 0 Å². The molecule has 0 radical (unpaired) electrons. The third kappa shape index (κ3) is 3.89. The molecule has 9 heteroatoms. The molecule has 2 aromatic carbocycles. The molecule has 5 aromatic rings. The summed E-state index contributed by atoms with van der Waals surface area (Å²) >= 11 is 0. The maximum absolute atomic E-state index is 5.92. The third-order valence-corrected chi connectivity index (χ3v) is 5.42. The van der Waals surface area contributed by atoms with E-state index >= 15 is 0 Å². The van der Waals surface area contributed by atoms with Gasteiger partial charge < -0.3 is 13.7 Å². The van der Waals surface area contributed by atoms with E-state index in [1.165, 1.54) is 0 Å². The van der Waals surface area contributed by atoms with Crippen LogP contribution in [0.4, 0.5) is 0 Å². The molecule has 0 fully saturated rings. The van der Waals surface area contributed by atoms with Crippen molar-refractivity contribution in [1.82, 2.24) is 30.1 Å². The van der Waals surface area contributed by atoms with Crippen molar-refractivity contribution in [3.63, 3.8) is 0 Å². The number of oxazole rings is 1. The number of hydrogen-bond acceptors (Lipinski definition) is 8. The van der Waals surface area contributed by atoms with Gasteiger partial charge in [-0.25, -0.2) is 9.67 Å². The average molecular weight is 442 g/mol. The number of methoxy groups -OCH3 is 1. The molecular formula is C24H22N6O3. The lowest BCUT2D eigenvalue weighted by atomic mass is 10.1. The minimum atomic E-state index is 0.321. The molecular weight excluding hydrogens is 420 g/mol. The molecule has 0 atom stereocenters. The van der Waals surface area contributed by atoms with E-state index in [0.29, 0.717) is 41.4 Å². The van der Waals surface area contributed by atoms with Gasteiger partial charge in [0, 0.05) is 5.56 Å². The SMILES string of the molecule is COc1ccccc1-c1nc(Cn2nnc(-c3nc(-c4cccc(C)c4)no3)c2C)c(C)o1. The fraction of sp³-hybridized carbons (Fsp3) is 0.208. The van der Waals surface area contributed by atoms with Crippen molar-refractivity contribution in [2.24, 2.45) is 0 Å². The lowest BCUT2D eigenvalue weighted by molar-refractivity contribution is 0.414. The van der Waals surface area contributed by atoms with E-state index in [9.17, 15) is 0 Å². The fourth-order valence-electron chi connectivity index (χ4n) is 3.58. The summed E-state index contributed by atoms with van der Waals surface area (Å²) in [5, 5.41) is 12.6. The summed E-state index contributed by atoms with van der Waals surface area (Å²) in [5.41, 5.74) is 4.87. The predicted molar refractivity (Wildman–Crippen MR) is 121 cm³/mol. The van der Waals surface area contributed by atoms with E-state index in [-0.39, 0.29) is 0 Å². The Bertz CT molecular complexity index is 1430. The standard InChI is InChI=1S/C24H22N6O3/c1-14-8-7-9-17(12-14)22-26-24(33-28-22)21-15(2)30(29-27-21)13-19-16(3)32-23(25-19)18-10-5-6-11-20(18)31-4/h5-12H,13H2,1-4H3. The molecule has 166 valence electrons. The number of ether oxygens (including phenoxy) is 1. The largest absolute Gasteiger partial charge is 0.496 e. The molecule has 0 saturated carbocycles. The van der Waals surface area contributed by atoms with E-state index in [4.69, 9.17) is 13.7 Å². The van der Waals surface area contributed by atoms with Crippen LogP contribution >= 0.6 is 0 Å². The molecule has 0 aliphatic rings. The summed E-state index contributed by atoms with van der Waals surface area (Å²) in [4.78, 5) is 9.18. The molecule has 0 saturated heterocycles. The van der Waals surface area contributed by atoms with E-state index < -0.39 is 0 Å². The Morgan fingerprint density at radius 1 is 0.970 bits per heavy atom. The van der Waals surface area contributed by atoms with Gasteiger partial charge in [0.25, 0.3) is 5.89 Å². The van der Waals surface area contributed by atoms with E-state index in [2.05, 4.69) is 25.4 Å².